The van der Waals surface area contributed by atoms with E-state index < -0.39 is 0 Å². The Balaban J connectivity index is 0. The van der Waals surface area contributed by atoms with Crippen molar-refractivity contribution in [3.63, 3.8) is 0 Å². The fourth-order valence-electron chi connectivity index (χ4n) is 3.53. The first kappa shape index (κ1) is 51.2. The Morgan fingerprint density at radius 1 is 0.268 bits per heavy atom. The molecule has 56 heavy (non-hydrogen) atoms. The van der Waals surface area contributed by atoms with Gasteiger partial charge in [-0.15, -0.1) is 0 Å². The van der Waals surface area contributed by atoms with E-state index >= 15 is 0 Å². The number of Topliss-reactive ketones (excluding diaryl/α,β-unsaturated/α-hetero) is 2. The van der Waals surface area contributed by atoms with Crippen LogP contribution in [0.1, 0.15) is 61.1 Å². The maximum absolute atomic E-state index is 9.44. The van der Waals surface area contributed by atoms with Crippen LogP contribution in [0.3, 0.4) is 0 Å². The fourth-order valence-corrected chi connectivity index (χ4v) is 3.53. The Kier molecular flexibility index (Phi) is 34.6. The molecule has 0 spiro atoms. The Morgan fingerprint density at radius 2 is 0.357 bits per heavy atom. The largest absolute Gasteiger partial charge is 0.300 e. The van der Waals surface area contributed by atoms with Gasteiger partial charge in [0, 0.05) is 0 Å². The highest BCUT2D eigenvalue weighted by molar-refractivity contribution is 5.72. The van der Waals surface area contributed by atoms with Crippen molar-refractivity contribution in [1.82, 2.24) is 0 Å². The number of ketones is 2. The number of hydrogen-bond acceptors (Lipinski definition) is 2. The quantitative estimate of drug-likeness (QED) is 0.170. The van der Waals surface area contributed by atoms with E-state index in [1.807, 2.05) is 218 Å². The summed E-state index contributed by atoms with van der Waals surface area (Å²) < 4.78 is 0. The van der Waals surface area contributed by atoms with Crippen molar-refractivity contribution in [2.75, 3.05) is 0 Å². The highest BCUT2D eigenvalue weighted by Crippen LogP contribution is 2.01. The Hall–Kier alpha value is -6.90. The van der Waals surface area contributed by atoms with Crippen molar-refractivity contribution in [2.24, 2.45) is 0 Å². The molecule has 0 saturated heterocycles. The first-order valence-electron chi connectivity index (χ1n) is 18.1. The van der Waals surface area contributed by atoms with Crippen LogP contribution < -0.4 is 0 Å². The van der Waals surface area contributed by atoms with Crippen molar-refractivity contribution < 1.29 is 9.59 Å². The van der Waals surface area contributed by atoms with Gasteiger partial charge in [0.15, 0.2) is 0 Å². The number of benzene rings is 6. The average Bonchev–Trinajstić information content (AvgIpc) is 3.26. The molecule has 0 radical (unpaired) electrons. The minimum absolute atomic E-state index is 0.167. The highest BCUT2D eigenvalue weighted by atomic mass is 16.1. The van der Waals surface area contributed by atoms with Crippen molar-refractivity contribution in [3.05, 3.63) is 255 Å². The molecule has 0 fully saturated rings. The van der Waals surface area contributed by atoms with Gasteiger partial charge in [0.05, 0.1) is 0 Å². The van der Waals surface area contributed by atoms with E-state index in [-0.39, 0.29) is 11.6 Å². The van der Waals surface area contributed by atoms with Gasteiger partial charge in [-0.1, -0.05) is 258 Å². The zero-order valence-corrected chi connectivity index (χ0v) is 33.8. The van der Waals surface area contributed by atoms with Gasteiger partial charge in [-0.25, -0.2) is 0 Å². The van der Waals surface area contributed by atoms with Gasteiger partial charge in [-0.3, -0.25) is 0 Å². The molecule has 0 aliphatic heterocycles. The summed E-state index contributed by atoms with van der Waals surface area (Å²) in [5.74, 6) is 0.333. The summed E-state index contributed by atoms with van der Waals surface area (Å²) in [6.45, 7) is 27.9. The van der Waals surface area contributed by atoms with Gasteiger partial charge < -0.3 is 9.59 Å². The summed E-state index contributed by atoms with van der Waals surface area (Å²) in [6, 6.07) is 60.2. The maximum Gasteiger partial charge on any atom is 0.126 e. The second kappa shape index (κ2) is 37.8. The van der Waals surface area contributed by atoms with Gasteiger partial charge in [-0.05, 0) is 61.1 Å². The Bertz CT molecular complexity index is 1500. The SMILES string of the molecule is C=Cc1ccccc1.C=Cc1ccccc1.C=Cc1ccccc1.C=Cc1ccccc1.C=Cc1ccccc1.C=Cc1ccccc1.CC(C)=O.CC(C)=O. The van der Waals surface area contributed by atoms with Crippen molar-refractivity contribution in [1.29, 1.82) is 0 Å². The molecule has 6 aromatic rings. The Morgan fingerprint density at radius 3 is 0.411 bits per heavy atom. The zero-order valence-electron chi connectivity index (χ0n) is 33.8. The lowest BCUT2D eigenvalue weighted by Gasteiger charge is -1.85. The molecule has 0 amide bonds. The molecule has 0 atom stereocenters. The first-order chi connectivity index (χ1) is 27.1. The highest BCUT2D eigenvalue weighted by Gasteiger charge is 1.79. The van der Waals surface area contributed by atoms with Crippen LogP contribution in [-0.4, -0.2) is 11.6 Å². The third kappa shape index (κ3) is 35.5. The molecule has 0 aliphatic rings. The smallest absolute Gasteiger partial charge is 0.126 e. The van der Waals surface area contributed by atoms with E-state index in [2.05, 4.69) is 39.5 Å². The molecular weight excluding hydrogens is 681 g/mol. The van der Waals surface area contributed by atoms with Crippen LogP contribution in [0.2, 0.25) is 0 Å². The van der Waals surface area contributed by atoms with Gasteiger partial charge >= 0.3 is 0 Å². The van der Waals surface area contributed by atoms with Crippen molar-refractivity contribution in [2.45, 2.75) is 27.7 Å². The van der Waals surface area contributed by atoms with Crippen molar-refractivity contribution in [3.8, 4) is 0 Å². The molecule has 6 aromatic carbocycles. The maximum atomic E-state index is 9.44. The second-order valence-corrected chi connectivity index (χ2v) is 11.5. The van der Waals surface area contributed by atoms with E-state index in [1.54, 1.807) is 0 Å². The summed E-state index contributed by atoms with van der Waals surface area (Å²) in [4.78, 5) is 18.9. The molecule has 0 unspecified atom stereocenters. The predicted molar refractivity (Wildman–Crippen MR) is 252 cm³/mol. The summed E-state index contributed by atoms with van der Waals surface area (Å²) in [5, 5.41) is 0. The Labute approximate surface area is 339 Å². The molecule has 0 bridgehead atoms. The second-order valence-electron chi connectivity index (χ2n) is 11.5. The molecule has 0 aromatic heterocycles. The standard InChI is InChI=1S/6C8H8.2C3H6O/c6*1-2-8-6-4-3-5-7-8;2*1-3(2)4/h6*2-7H,1H2;2*1-2H3. The summed E-state index contributed by atoms with van der Waals surface area (Å²) >= 11 is 0. The number of carbonyl (C=O) groups is 2. The number of rotatable bonds is 6. The topological polar surface area (TPSA) is 34.1 Å². The van der Waals surface area contributed by atoms with E-state index in [4.69, 9.17) is 0 Å². The van der Waals surface area contributed by atoms with E-state index in [0.717, 1.165) is 0 Å². The molecule has 288 valence electrons. The van der Waals surface area contributed by atoms with Crippen LogP contribution in [0.15, 0.2) is 221 Å². The number of carbonyl (C=O) groups excluding carboxylic acids is 2. The fraction of sp³-hybridized carbons (Fsp3) is 0.0741. The molecule has 0 aliphatic carbocycles. The minimum Gasteiger partial charge on any atom is -0.300 e. The van der Waals surface area contributed by atoms with E-state index in [0.29, 0.717) is 0 Å². The molecule has 0 saturated carbocycles. The van der Waals surface area contributed by atoms with Gasteiger partial charge in [0.1, 0.15) is 11.6 Å². The normalized spacial score (nSPS) is 8.21. The van der Waals surface area contributed by atoms with Gasteiger partial charge in [0.2, 0.25) is 0 Å². The summed E-state index contributed by atoms with van der Waals surface area (Å²) in [7, 11) is 0. The molecular formula is C54H60O2. The van der Waals surface area contributed by atoms with Gasteiger partial charge in [0.25, 0.3) is 0 Å². The molecule has 2 nitrogen and oxygen atoms in total. The molecule has 0 heterocycles. The van der Waals surface area contributed by atoms with Crippen LogP contribution in [-0.2, 0) is 9.59 Å². The zero-order chi connectivity index (χ0) is 42.1. The first-order valence-corrected chi connectivity index (χ1v) is 18.1. The van der Waals surface area contributed by atoms with E-state index in [1.165, 1.54) is 61.1 Å². The monoisotopic (exact) mass is 740 g/mol. The molecule has 6 rings (SSSR count). The predicted octanol–water partition coefficient (Wildman–Crippen LogP) is 15.2. The lowest BCUT2D eigenvalue weighted by atomic mass is 10.2. The lowest BCUT2D eigenvalue weighted by molar-refractivity contribution is -0.115. The van der Waals surface area contributed by atoms with Crippen LogP contribution >= 0.6 is 0 Å². The van der Waals surface area contributed by atoms with E-state index in [9.17, 15) is 9.59 Å². The lowest BCUT2D eigenvalue weighted by Crippen LogP contribution is -1.69. The number of hydrogen-bond donors (Lipinski definition) is 0. The third-order valence-corrected chi connectivity index (χ3v) is 6.21. The summed E-state index contributed by atoms with van der Waals surface area (Å²) in [6.07, 6.45) is 11.0. The minimum atomic E-state index is 0.167. The molecule has 2 heteroatoms. The van der Waals surface area contributed by atoms with Gasteiger partial charge in [-0.2, -0.15) is 0 Å². The average molecular weight is 741 g/mol. The van der Waals surface area contributed by atoms with Crippen molar-refractivity contribution >= 4 is 48.0 Å². The van der Waals surface area contributed by atoms with Crippen LogP contribution in [0.5, 0.6) is 0 Å². The van der Waals surface area contributed by atoms with Crippen LogP contribution in [0.25, 0.3) is 36.5 Å². The van der Waals surface area contributed by atoms with Crippen LogP contribution in [0, 0.1) is 0 Å². The van der Waals surface area contributed by atoms with Crippen LogP contribution in [0.4, 0.5) is 0 Å². The summed E-state index contributed by atoms with van der Waals surface area (Å²) in [5.41, 5.74) is 7.04. The molecule has 0 N–H and O–H groups in total. The third-order valence-electron chi connectivity index (χ3n) is 6.21.